The summed E-state index contributed by atoms with van der Waals surface area (Å²) in [6.45, 7) is 0.378. The molecule has 166 valence electrons. The molecule has 3 aromatic rings. The van der Waals surface area contributed by atoms with Crippen LogP contribution in [0.3, 0.4) is 0 Å². The molecule has 32 heavy (non-hydrogen) atoms. The molecule has 0 fully saturated rings. The molecule has 2 aromatic carbocycles. The van der Waals surface area contributed by atoms with E-state index in [4.69, 9.17) is 10.8 Å². The molecule has 1 aromatic heterocycles. The van der Waals surface area contributed by atoms with Crippen LogP contribution in [0.25, 0.3) is 10.9 Å². The number of para-hydroxylation sites is 2. The first-order valence-electron chi connectivity index (χ1n) is 10.4. The molecule has 5 N–H and O–H groups in total. The minimum atomic E-state index is -0.915. The highest BCUT2D eigenvalue weighted by Crippen LogP contribution is 2.18. The van der Waals surface area contributed by atoms with Gasteiger partial charge < -0.3 is 21.5 Å². The van der Waals surface area contributed by atoms with Crippen molar-refractivity contribution in [3.8, 4) is 0 Å². The van der Waals surface area contributed by atoms with E-state index in [1.54, 1.807) is 30.3 Å². The van der Waals surface area contributed by atoms with E-state index in [0.29, 0.717) is 36.2 Å². The lowest BCUT2D eigenvalue weighted by atomic mass is 10.1. The Morgan fingerprint density at radius 1 is 1.00 bits per heavy atom. The lowest BCUT2D eigenvalue weighted by molar-refractivity contribution is -0.137. The molecule has 0 radical (unpaired) electrons. The maximum Gasteiger partial charge on any atom is 0.303 e. The topological polar surface area (TPSA) is 134 Å². The molecule has 0 saturated heterocycles. The minimum Gasteiger partial charge on any atom is -0.481 e. The second kappa shape index (κ2) is 11.0. The summed E-state index contributed by atoms with van der Waals surface area (Å²) in [5, 5.41) is 15.5. The fourth-order valence-corrected chi connectivity index (χ4v) is 3.34. The molecule has 0 aliphatic carbocycles. The Morgan fingerprint density at radius 3 is 2.53 bits per heavy atom. The summed E-state index contributed by atoms with van der Waals surface area (Å²) in [7, 11) is 0. The Balaban J connectivity index is 1.74. The number of pyridine rings is 1. The fraction of sp³-hybridized carbons (Fsp3) is 0.250. The van der Waals surface area contributed by atoms with E-state index in [-0.39, 0.29) is 18.5 Å². The third-order valence-corrected chi connectivity index (χ3v) is 5.03. The minimum absolute atomic E-state index is 0.0478. The van der Waals surface area contributed by atoms with Crippen LogP contribution < -0.4 is 16.4 Å². The van der Waals surface area contributed by atoms with Gasteiger partial charge in [0.25, 0.3) is 5.91 Å². The average Bonchev–Trinajstić information content (AvgIpc) is 2.80. The van der Waals surface area contributed by atoms with Crippen molar-refractivity contribution in [1.29, 1.82) is 0 Å². The van der Waals surface area contributed by atoms with Crippen molar-refractivity contribution in [3.05, 3.63) is 71.9 Å². The predicted molar refractivity (Wildman–Crippen MR) is 122 cm³/mol. The number of nitrogens with two attached hydrogens (primary N) is 1. The number of amides is 2. The largest absolute Gasteiger partial charge is 0.481 e. The quantitative estimate of drug-likeness (QED) is 0.388. The summed E-state index contributed by atoms with van der Waals surface area (Å²) >= 11 is 0. The molecule has 0 bridgehead atoms. The van der Waals surface area contributed by atoms with Gasteiger partial charge in [0.05, 0.1) is 5.52 Å². The van der Waals surface area contributed by atoms with Crippen molar-refractivity contribution in [1.82, 2.24) is 10.3 Å². The van der Waals surface area contributed by atoms with E-state index in [1.807, 2.05) is 30.3 Å². The normalized spacial score (nSPS) is 11.7. The number of carboxylic acids is 1. The molecule has 0 aliphatic heterocycles. The van der Waals surface area contributed by atoms with Crippen molar-refractivity contribution >= 4 is 34.4 Å². The maximum absolute atomic E-state index is 13.0. The zero-order valence-electron chi connectivity index (χ0n) is 17.6. The van der Waals surface area contributed by atoms with Gasteiger partial charge in [-0.2, -0.15) is 0 Å². The molecule has 2 amide bonds. The summed E-state index contributed by atoms with van der Waals surface area (Å²) in [5.41, 5.74) is 7.76. The van der Waals surface area contributed by atoms with Crippen LogP contribution in [0.2, 0.25) is 0 Å². The van der Waals surface area contributed by atoms with E-state index < -0.39 is 23.8 Å². The number of aliphatic carboxylic acids is 1. The van der Waals surface area contributed by atoms with Gasteiger partial charge in [-0.1, -0.05) is 42.5 Å². The number of aryl methyl sites for hydroxylation is 1. The van der Waals surface area contributed by atoms with Crippen LogP contribution in [-0.4, -0.2) is 40.5 Å². The van der Waals surface area contributed by atoms with E-state index in [1.165, 1.54) is 0 Å². The van der Waals surface area contributed by atoms with Crippen LogP contribution in [0.4, 0.5) is 5.69 Å². The number of aromatic nitrogens is 1. The molecule has 1 heterocycles. The molecular formula is C24H26N4O4. The van der Waals surface area contributed by atoms with Gasteiger partial charge in [0.15, 0.2) is 0 Å². The summed E-state index contributed by atoms with van der Waals surface area (Å²) in [4.78, 5) is 41.1. The monoisotopic (exact) mass is 434 g/mol. The van der Waals surface area contributed by atoms with Gasteiger partial charge in [-0.3, -0.25) is 14.4 Å². The zero-order valence-corrected chi connectivity index (χ0v) is 17.6. The van der Waals surface area contributed by atoms with Gasteiger partial charge in [0.2, 0.25) is 5.91 Å². The van der Waals surface area contributed by atoms with Crippen molar-refractivity contribution < 1.29 is 19.5 Å². The van der Waals surface area contributed by atoms with E-state index in [2.05, 4.69) is 15.6 Å². The van der Waals surface area contributed by atoms with Crippen molar-refractivity contribution in [2.24, 2.45) is 5.73 Å². The Bertz CT molecular complexity index is 1120. The second-order valence-corrected chi connectivity index (χ2v) is 7.39. The molecule has 0 aliphatic rings. The second-order valence-electron chi connectivity index (χ2n) is 7.39. The van der Waals surface area contributed by atoms with Gasteiger partial charge in [-0.15, -0.1) is 0 Å². The SMILES string of the molecule is NCCC[C@H](NC(=O)c1ccc2ccccc2n1)C(=O)Nc1ccccc1CCC(=O)O. The highest BCUT2D eigenvalue weighted by atomic mass is 16.4. The molecular weight excluding hydrogens is 408 g/mol. The van der Waals surface area contributed by atoms with Gasteiger partial charge in [-0.05, 0) is 49.6 Å². The molecule has 8 heteroatoms. The number of fused-ring (bicyclic) bond motifs is 1. The van der Waals surface area contributed by atoms with Gasteiger partial charge >= 0.3 is 5.97 Å². The molecule has 0 spiro atoms. The van der Waals surface area contributed by atoms with Gasteiger partial charge in [-0.25, -0.2) is 4.98 Å². The third kappa shape index (κ3) is 6.12. The predicted octanol–water partition coefficient (Wildman–Crippen LogP) is 2.73. The number of hydrogen-bond donors (Lipinski definition) is 4. The highest BCUT2D eigenvalue weighted by Gasteiger charge is 2.22. The standard InChI is InChI=1S/C24H26N4O4/c25-15-5-10-20(23(31)27-19-9-4-2-7-17(19)12-14-22(29)30)28-24(32)21-13-11-16-6-1-3-8-18(16)26-21/h1-4,6-9,11,13,20H,5,10,12,14-15,25H2,(H,27,31)(H,28,32)(H,29,30)/t20-/m0/s1. The first-order chi connectivity index (χ1) is 15.5. The van der Waals surface area contributed by atoms with Crippen LogP contribution in [-0.2, 0) is 16.0 Å². The number of carbonyl (C=O) groups is 3. The number of rotatable bonds is 10. The summed E-state index contributed by atoms with van der Waals surface area (Å²) in [6.07, 6.45) is 1.14. The molecule has 3 rings (SSSR count). The van der Waals surface area contributed by atoms with Gasteiger partial charge in [0, 0.05) is 17.5 Å². The van der Waals surface area contributed by atoms with Crippen molar-refractivity contribution in [2.75, 3.05) is 11.9 Å². The lowest BCUT2D eigenvalue weighted by Gasteiger charge is -2.19. The maximum atomic E-state index is 13.0. The van der Waals surface area contributed by atoms with Crippen molar-refractivity contribution in [3.63, 3.8) is 0 Å². The first-order valence-corrected chi connectivity index (χ1v) is 10.4. The first kappa shape index (κ1) is 22.9. The Kier molecular flexibility index (Phi) is 7.88. The van der Waals surface area contributed by atoms with Gasteiger partial charge in [0.1, 0.15) is 11.7 Å². The lowest BCUT2D eigenvalue weighted by Crippen LogP contribution is -2.44. The van der Waals surface area contributed by atoms with E-state index in [0.717, 1.165) is 5.39 Å². The van der Waals surface area contributed by atoms with E-state index in [9.17, 15) is 14.4 Å². The number of nitrogens with zero attached hydrogens (tertiary/aromatic N) is 1. The smallest absolute Gasteiger partial charge is 0.303 e. The Labute approximate surface area is 185 Å². The summed E-state index contributed by atoms with van der Waals surface area (Å²) in [5.74, 6) is -1.76. The number of hydrogen-bond acceptors (Lipinski definition) is 5. The van der Waals surface area contributed by atoms with E-state index >= 15 is 0 Å². The van der Waals surface area contributed by atoms with Crippen LogP contribution in [0, 0.1) is 0 Å². The molecule has 0 unspecified atom stereocenters. The fourth-order valence-electron chi connectivity index (χ4n) is 3.34. The molecule has 8 nitrogen and oxygen atoms in total. The number of carboxylic acid groups (broad SMARTS) is 1. The zero-order chi connectivity index (χ0) is 22.9. The summed E-state index contributed by atoms with van der Waals surface area (Å²) in [6, 6.07) is 17.1. The van der Waals surface area contributed by atoms with Crippen LogP contribution >= 0.6 is 0 Å². The highest BCUT2D eigenvalue weighted by molar-refractivity contribution is 6.01. The number of anilines is 1. The van der Waals surface area contributed by atoms with Crippen molar-refractivity contribution in [2.45, 2.75) is 31.7 Å². The molecule has 0 saturated carbocycles. The number of carbonyl (C=O) groups excluding carboxylic acids is 2. The summed E-state index contributed by atoms with van der Waals surface area (Å²) < 4.78 is 0. The third-order valence-electron chi connectivity index (χ3n) is 5.03. The Morgan fingerprint density at radius 2 is 1.75 bits per heavy atom. The van der Waals surface area contributed by atoms with Crippen LogP contribution in [0.1, 0.15) is 35.3 Å². The Hall–Kier alpha value is -3.78. The average molecular weight is 434 g/mol. The molecule has 1 atom stereocenters. The number of benzene rings is 2. The van der Waals surface area contributed by atoms with Crippen LogP contribution in [0.5, 0.6) is 0 Å². The van der Waals surface area contributed by atoms with Crippen LogP contribution in [0.15, 0.2) is 60.7 Å². The number of nitrogens with one attached hydrogen (secondary N) is 2.